The molecular formula is C22H16ClFN6O. The van der Waals surface area contributed by atoms with Crippen LogP contribution in [0.25, 0.3) is 27.6 Å². The summed E-state index contributed by atoms with van der Waals surface area (Å²) < 4.78 is 15.7. The van der Waals surface area contributed by atoms with Gasteiger partial charge >= 0.3 is 0 Å². The number of aromatic hydroxyl groups is 1. The number of nitrogens with one attached hydrogen (secondary N) is 1. The van der Waals surface area contributed by atoms with Crippen LogP contribution in [-0.2, 0) is 0 Å². The molecule has 0 saturated heterocycles. The summed E-state index contributed by atoms with van der Waals surface area (Å²) in [4.78, 5) is 11.5. The monoisotopic (exact) mass is 434 g/mol. The highest BCUT2D eigenvalue weighted by atomic mass is 35.5. The number of benzene rings is 2. The molecule has 7 nitrogen and oxygen atoms in total. The van der Waals surface area contributed by atoms with Crippen LogP contribution in [0.1, 0.15) is 11.3 Å². The van der Waals surface area contributed by atoms with Gasteiger partial charge in [0.25, 0.3) is 0 Å². The number of H-pyrrole nitrogens is 1. The predicted octanol–water partition coefficient (Wildman–Crippen LogP) is 6.43. The Morgan fingerprint density at radius 3 is 2.74 bits per heavy atom. The molecule has 3 aromatic heterocycles. The second-order valence-corrected chi connectivity index (χ2v) is 7.57. The third-order valence-electron chi connectivity index (χ3n) is 5.30. The maximum absolute atomic E-state index is 13.7. The van der Waals surface area contributed by atoms with Crippen LogP contribution in [-0.4, -0.2) is 24.6 Å². The second kappa shape index (κ2) is 7.17. The quantitative estimate of drug-likeness (QED) is 0.320. The van der Waals surface area contributed by atoms with Gasteiger partial charge in [-0.1, -0.05) is 17.7 Å². The van der Waals surface area contributed by atoms with Gasteiger partial charge in [0.1, 0.15) is 12.1 Å². The number of halogens is 2. The molecule has 0 aliphatic rings. The zero-order valence-electron chi connectivity index (χ0n) is 16.6. The Balaban J connectivity index is 1.68. The molecule has 5 aromatic rings. The lowest BCUT2D eigenvalue weighted by Crippen LogP contribution is -1.98. The Bertz CT molecular complexity index is 1500. The van der Waals surface area contributed by atoms with Crippen LogP contribution in [0.4, 0.5) is 15.9 Å². The maximum Gasteiger partial charge on any atom is 0.218 e. The lowest BCUT2D eigenvalue weighted by Gasteiger charge is -2.08. The average molecular weight is 435 g/mol. The van der Waals surface area contributed by atoms with Crippen LogP contribution in [0.5, 0.6) is 5.88 Å². The molecule has 0 bridgehead atoms. The molecule has 0 spiro atoms. The predicted molar refractivity (Wildman–Crippen MR) is 117 cm³/mol. The van der Waals surface area contributed by atoms with E-state index < -0.39 is 5.82 Å². The van der Waals surface area contributed by atoms with Crippen LogP contribution in [0.15, 0.2) is 59.0 Å². The normalized spacial score (nSPS) is 11.9. The largest absolute Gasteiger partial charge is 0.493 e. The molecule has 154 valence electrons. The SMILES string of the molecule is Cc1c(C)n(-c2cccc(Cl)c2)c2ncnc(N=Nc3c(O)[nH]c4ccc(F)cc34)c12. The lowest BCUT2D eigenvalue weighted by atomic mass is 10.2. The Kier molecular flexibility index (Phi) is 4.44. The van der Waals surface area contributed by atoms with Gasteiger partial charge in [0.05, 0.1) is 10.9 Å². The first-order valence-corrected chi connectivity index (χ1v) is 9.82. The summed E-state index contributed by atoms with van der Waals surface area (Å²) in [5, 5.41) is 20.4. The summed E-state index contributed by atoms with van der Waals surface area (Å²) in [7, 11) is 0. The molecule has 9 heteroatoms. The number of azo groups is 1. The van der Waals surface area contributed by atoms with Gasteiger partial charge in [-0.3, -0.25) is 4.57 Å². The summed E-state index contributed by atoms with van der Waals surface area (Å²) in [6, 6.07) is 11.6. The molecule has 0 saturated carbocycles. The number of aromatic amines is 1. The van der Waals surface area contributed by atoms with E-state index in [1.807, 2.05) is 42.7 Å². The Hall–Kier alpha value is -3.78. The number of rotatable bonds is 3. The molecule has 31 heavy (non-hydrogen) atoms. The van der Waals surface area contributed by atoms with Gasteiger partial charge in [-0.2, -0.15) is 0 Å². The molecule has 0 aliphatic heterocycles. The van der Waals surface area contributed by atoms with Crippen molar-refractivity contribution in [1.29, 1.82) is 0 Å². The fourth-order valence-corrected chi connectivity index (χ4v) is 3.91. The van der Waals surface area contributed by atoms with Crippen molar-refractivity contribution < 1.29 is 9.50 Å². The highest BCUT2D eigenvalue weighted by Crippen LogP contribution is 2.38. The smallest absolute Gasteiger partial charge is 0.218 e. The van der Waals surface area contributed by atoms with Crippen LogP contribution >= 0.6 is 11.6 Å². The van der Waals surface area contributed by atoms with E-state index >= 15 is 0 Å². The number of nitrogens with zero attached hydrogens (tertiary/aromatic N) is 5. The van der Waals surface area contributed by atoms with Crippen molar-refractivity contribution in [3.63, 3.8) is 0 Å². The van der Waals surface area contributed by atoms with Gasteiger partial charge in [-0.15, -0.1) is 10.2 Å². The van der Waals surface area contributed by atoms with E-state index in [1.165, 1.54) is 24.5 Å². The number of aryl methyl sites for hydroxylation is 1. The first kappa shape index (κ1) is 19.2. The van der Waals surface area contributed by atoms with Crippen LogP contribution in [0.2, 0.25) is 5.02 Å². The number of hydrogen-bond donors (Lipinski definition) is 2. The molecule has 2 N–H and O–H groups in total. The minimum atomic E-state index is -0.433. The topological polar surface area (TPSA) is 91.4 Å². The molecule has 2 aromatic carbocycles. The van der Waals surface area contributed by atoms with E-state index in [9.17, 15) is 9.50 Å². The first-order chi connectivity index (χ1) is 14.9. The van der Waals surface area contributed by atoms with E-state index in [-0.39, 0.29) is 11.6 Å². The third kappa shape index (κ3) is 3.12. The zero-order valence-corrected chi connectivity index (χ0v) is 17.3. The fourth-order valence-electron chi connectivity index (χ4n) is 3.72. The molecule has 0 unspecified atom stereocenters. The molecular weight excluding hydrogens is 419 g/mol. The summed E-state index contributed by atoms with van der Waals surface area (Å²) in [6.07, 6.45) is 1.41. The van der Waals surface area contributed by atoms with Crippen molar-refractivity contribution in [3.05, 3.63) is 70.9 Å². The van der Waals surface area contributed by atoms with Crippen molar-refractivity contribution in [2.24, 2.45) is 10.2 Å². The first-order valence-electron chi connectivity index (χ1n) is 9.44. The average Bonchev–Trinajstić information content (AvgIpc) is 3.19. The van der Waals surface area contributed by atoms with Crippen molar-refractivity contribution in [2.75, 3.05) is 0 Å². The number of aromatic nitrogens is 4. The van der Waals surface area contributed by atoms with E-state index in [0.29, 0.717) is 27.4 Å². The third-order valence-corrected chi connectivity index (χ3v) is 5.53. The van der Waals surface area contributed by atoms with E-state index in [1.54, 1.807) is 0 Å². The Morgan fingerprint density at radius 1 is 1.10 bits per heavy atom. The Labute approximate surface area is 180 Å². The second-order valence-electron chi connectivity index (χ2n) is 7.13. The molecule has 0 radical (unpaired) electrons. The molecule has 0 fully saturated rings. The number of fused-ring (bicyclic) bond motifs is 2. The highest BCUT2D eigenvalue weighted by Gasteiger charge is 2.18. The van der Waals surface area contributed by atoms with Crippen molar-refractivity contribution >= 4 is 45.0 Å². The van der Waals surface area contributed by atoms with Gasteiger partial charge in [0, 0.05) is 21.8 Å². The highest BCUT2D eigenvalue weighted by molar-refractivity contribution is 6.30. The van der Waals surface area contributed by atoms with Gasteiger partial charge < -0.3 is 10.1 Å². The molecule has 0 amide bonds. The zero-order chi connectivity index (χ0) is 21.7. The van der Waals surface area contributed by atoms with Gasteiger partial charge in [-0.05, 0) is 55.8 Å². The minimum absolute atomic E-state index is 0.143. The standard InChI is InChI=1S/C22H16ClFN6O/c1-11-12(2)30(15-5-3-4-13(23)8-15)21-18(11)20(25-10-26-21)29-28-19-16-9-14(24)6-7-17(16)27-22(19)31/h3-10,27,31H,1-2H3. The van der Waals surface area contributed by atoms with Crippen LogP contribution in [0, 0.1) is 19.7 Å². The molecule has 3 heterocycles. The molecule has 0 atom stereocenters. The molecule has 0 aliphatic carbocycles. The fraction of sp³-hybridized carbons (Fsp3) is 0.0909. The van der Waals surface area contributed by atoms with Crippen molar-refractivity contribution in [3.8, 4) is 11.6 Å². The van der Waals surface area contributed by atoms with Gasteiger partial charge in [0.2, 0.25) is 5.88 Å². The van der Waals surface area contributed by atoms with Gasteiger partial charge in [0.15, 0.2) is 17.2 Å². The van der Waals surface area contributed by atoms with E-state index in [0.717, 1.165) is 22.3 Å². The van der Waals surface area contributed by atoms with E-state index in [2.05, 4.69) is 25.2 Å². The van der Waals surface area contributed by atoms with Crippen LogP contribution in [0.3, 0.4) is 0 Å². The molecule has 5 rings (SSSR count). The summed E-state index contributed by atoms with van der Waals surface area (Å²) in [5.74, 6) is -0.284. The summed E-state index contributed by atoms with van der Waals surface area (Å²) >= 11 is 6.18. The summed E-state index contributed by atoms with van der Waals surface area (Å²) in [6.45, 7) is 3.94. The lowest BCUT2D eigenvalue weighted by molar-refractivity contribution is 0.459. The van der Waals surface area contributed by atoms with Crippen LogP contribution < -0.4 is 0 Å². The summed E-state index contributed by atoms with van der Waals surface area (Å²) in [5.41, 5.74) is 4.14. The van der Waals surface area contributed by atoms with E-state index in [4.69, 9.17) is 11.6 Å². The minimum Gasteiger partial charge on any atom is -0.493 e. The Morgan fingerprint density at radius 2 is 1.94 bits per heavy atom. The van der Waals surface area contributed by atoms with Gasteiger partial charge in [-0.25, -0.2) is 14.4 Å². The van der Waals surface area contributed by atoms with Crippen molar-refractivity contribution in [2.45, 2.75) is 13.8 Å². The maximum atomic E-state index is 13.7. The van der Waals surface area contributed by atoms with Crippen molar-refractivity contribution in [1.82, 2.24) is 19.5 Å². The number of hydrogen-bond acceptors (Lipinski definition) is 5.